The van der Waals surface area contributed by atoms with Gasteiger partial charge in [0.05, 0.1) is 0 Å². The smallest absolute Gasteiger partial charge is 0.0486 e. The molecule has 1 heterocycles. The van der Waals surface area contributed by atoms with Crippen LogP contribution in [0.1, 0.15) is 17.5 Å². The summed E-state index contributed by atoms with van der Waals surface area (Å²) in [4.78, 5) is 1.44. The molecule has 2 rings (SSSR count). The molecule has 1 unspecified atom stereocenters. The first-order valence-corrected chi connectivity index (χ1v) is 6.84. The van der Waals surface area contributed by atoms with Crippen LogP contribution >= 0.6 is 11.8 Å². The van der Waals surface area contributed by atoms with E-state index in [1.54, 1.807) is 0 Å². The molecule has 1 aliphatic rings. The molecule has 1 atom stereocenters. The Labute approximate surface area is 102 Å². The van der Waals surface area contributed by atoms with Crippen molar-refractivity contribution < 1.29 is 0 Å². The zero-order valence-electron chi connectivity index (χ0n) is 10.3. The van der Waals surface area contributed by atoms with E-state index < -0.39 is 0 Å². The maximum absolute atomic E-state index is 3.65. The van der Waals surface area contributed by atoms with Crippen molar-refractivity contribution in [2.45, 2.75) is 31.2 Å². The summed E-state index contributed by atoms with van der Waals surface area (Å²) in [5, 5.41) is 6.87. The van der Waals surface area contributed by atoms with Crippen molar-refractivity contribution >= 4 is 17.4 Å². The second kappa shape index (κ2) is 5.11. The molecule has 0 aromatic heterocycles. The first-order valence-electron chi connectivity index (χ1n) is 5.86. The van der Waals surface area contributed by atoms with Crippen LogP contribution in [0.15, 0.2) is 17.0 Å². The quantitative estimate of drug-likeness (QED) is 0.844. The average Bonchev–Trinajstić information content (AvgIpc) is 2.25. The minimum atomic E-state index is 0.603. The van der Waals surface area contributed by atoms with Gasteiger partial charge in [0.25, 0.3) is 0 Å². The number of fused-ring (bicyclic) bond motifs is 1. The zero-order chi connectivity index (χ0) is 11.5. The van der Waals surface area contributed by atoms with Crippen LogP contribution < -0.4 is 10.6 Å². The molecule has 0 spiro atoms. The van der Waals surface area contributed by atoms with E-state index in [1.165, 1.54) is 33.9 Å². The standard InChI is InChI=1S/C13H20N2S/c1-9-6-10(2)13-12(7-9)15-11(8-16-13)4-5-14-3/h6-7,11,14-15H,4-5,8H2,1-3H3. The van der Waals surface area contributed by atoms with Crippen LogP contribution in [0.4, 0.5) is 5.69 Å². The Balaban J connectivity index is 2.13. The number of hydrogen-bond donors (Lipinski definition) is 2. The lowest BCUT2D eigenvalue weighted by atomic mass is 10.1. The van der Waals surface area contributed by atoms with Crippen LogP contribution in [0.5, 0.6) is 0 Å². The molecule has 88 valence electrons. The highest BCUT2D eigenvalue weighted by Crippen LogP contribution is 2.37. The summed E-state index contributed by atoms with van der Waals surface area (Å²) in [5.41, 5.74) is 4.08. The fourth-order valence-electron chi connectivity index (χ4n) is 2.17. The van der Waals surface area contributed by atoms with Gasteiger partial charge in [0.2, 0.25) is 0 Å². The summed E-state index contributed by atoms with van der Waals surface area (Å²) in [7, 11) is 2.01. The third-order valence-corrected chi connectivity index (χ3v) is 4.35. The third kappa shape index (κ3) is 2.53. The van der Waals surface area contributed by atoms with Gasteiger partial charge in [-0.2, -0.15) is 0 Å². The van der Waals surface area contributed by atoms with Gasteiger partial charge in [0.15, 0.2) is 0 Å². The highest BCUT2D eigenvalue weighted by Gasteiger charge is 2.19. The van der Waals surface area contributed by atoms with E-state index in [0.29, 0.717) is 6.04 Å². The molecule has 0 amide bonds. The summed E-state index contributed by atoms with van der Waals surface area (Å²) < 4.78 is 0. The summed E-state index contributed by atoms with van der Waals surface area (Å²) in [5.74, 6) is 1.18. The van der Waals surface area contributed by atoms with Gasteiger partial charge in [-0.3, -0.25) is 0 Å². The Bertz CT molecular complexity index is 376. The van der Waals surface area contributed by atoms with Crippen LogP contribution in [0, 0.1) is 13.8 Å². The molecule has 2 N–H and O–H groups in total. The zero-order valence-corrected chi connectivity index (χ0v) is 11.1. The Morgan fingerprint density at radius 3 is 3.00 bits per heavy atom. The molecule has 0 radical (unpaired) electrons. The second-order valence-corrected chi connectivity index (χ2v) is 5.53. The number of rotatable bonds is 3. The molecule has 1 aromatic carbocycles. The van der Waals surface area contributed by atoms with E-state index in [-0.39, 0.29) is 0 Å². The maximum Gasteiger partial charge on any atom is 0.0486 e. The van der Waals surface area contributed by atoms with Gasteiger partial charge in [-0.15, -0.1) is 11.8 Å². The van der Waals surface area contributed by atoms with Gasteiger partial charge in [-0.05, 0) is 51.1 Å². The number of anilines is 1. The molecule has 0 bridgehead atoms. The highest BCUT2D eigenvalue weighted by atomic mass is 32.2. The molecule has 0 saturated carbocycles. The van der Waals surface area contributed by atoms with Crippen LogP contribution in [-0.2, 0) is 0 Å². The highest BCUT2D eigenvalue weighted by molar-refractivity contribution is 7.99. The minimum absolute atomic E-state index is 0.603. The first kappa shape index (κ1) is 11.8. The number of nitrogens with one attached hydrogen (secondary N) is 2. The van der Waals surface area contributed by atoms with Crippen LogP contribution in [0.3, 0.4) is 0 Å². The van der Waals surface area contributed by atoms with Crippen molar-refractivity contribution in [2.24, 2.45) is 0 Å². The number of benzene rings is 1. The second-order valence-electron chi connectivity index (χ2n) is 4.50. The predicted molar refractivity (Wildman–Crippen MR) is 72.6 cm³/mol. The molecule has 0 fully saturated rings. The lowest BCUT2D eigenvalue weighted by Crippen LogP contribution is -2.29. The molecule has 1 aliphatic heterocycles. The van der Waals surface area contributed by atoms with Gasteiger partial charge < -0.3 is 10.6 Å². The van der Waals surface area contributed by atoms with E-state index in [2.05, 4.69) is 36.6 Å². The molecule has 2 nitrogen and oxygen atoms in total. The molecular weight excluding hydrogens is 216 g/mol. The summed E-state index contributed by atoms with van der Waals surface area (Å²) in [6.07, 6.45) is 1.19. The lowest BCUT2D eigenvalue weighted by Gasteiger charge is -2.28. The Hall–Kier alpha value is -0.670. The monoisotopic (exact) mass is 236 g/mol. The van der Waals surface area contributed by atoms with Gasteiger partial charge in [-0.25, -0.2) is 0 Å². The Kier molecular flexibility index (Phi) is 3.77. The van der Waals surface area contributed by atoms with E-state index in [1.807, 2.05) is 18.8 Å². The summed E-state index contributed by atoms with van der Waals surface area (Å²) >= 11 is 1.99. The van der Waals surface area contributed by atoms with E-state index >= 15 is 0 Å². The fourth-order valence-corrected chi connectivity index (χ4v) is 3.35. The van der Waals surface area contributed by atoms with Crippen LogP contribution in [-0.4, -0.2) is 25.4 Å². The molecule has 0 saturated heterocycles. The van der Waals surface area contributed by atoms with E-state index in [4.69, 9.17) is 0 Å². The SMILES string of the molecule is CNCCC1CSc2c(C)cc(C)cc2N1. The van der Waals surface area contributed by atoms with Crippen molar-refractivity contribution in [3.63, 3.8) is 0 Å². The van der Waals surface area contributed by atoms with Gasteiger partial charge >= 0.3 is 0 Å². The molecule has 3 heteroatoms. The molecule has 1 aromatic rings. The van der Waals surface area contributed by atoms with E-state index in [9.17, 15) is 0 Å². The van der Waals surface area contributed by atoms with Crippen LogP contribution in [0.2, 0.25) is 0 Å². The lowest BCUT2D eigenvalue weighted by molar-refractivity contribution is 0.657. The van der Waals surface area contributed by atoms with Gasteiger partial charge in [0.1, 0.15) is 0 Å². The Morgan fingerprint density at radius 2 is 2.25 bits per heavy atom. The molecular formula is C13H20N2S. The van der Waals surface area contributed by atoms with Crippen molar-refractivity contribution in [1.82, 2.24) is 5.32 Å². The first-order chi connectivity index (χ1) is 7.70. The van der Waals surface area contributed by atoms with Crippen LogP contribution in [0.25, 0.3) is 0 Å². The van der Waals surface area contributed by atoms with Gasteiger partial charge in [0, 0.05) is 22.4 Å². The number of hydrogen-bond acceptors (Lipinski definition) is 3. The van der Waals surface area contributed by atoms with Gasteiger partial charge in [-0.1, -0.05) is 6.07 Å². The summed E-state index contributed by atoms with van der Waals surface area (Å²) in [6, 6.07) is 5.13. The van der Waals surface area contributed by atoms with Crippen molar-refractivity contribution in [3.8, 4) is 0 Å². The molecule has 16 heavy (non-hydrogen) atoms. The third-order valence-electron chi connectivity index (χ3n) is 2.95. The Morgan fingerprint density at radius 1 is 1.44 bits per heavy atom. The largest absolute Gasteiger partial charge is 0.380 e. The minimum Gasteiger partial charge on any atom is -0.380 e. The normalized spacial score (nSPS) is 19.1. The fraction of sp³-hybridized carbons (Fsp3) is 0.538. The maximum atomic E-state index is 3.65. The van der Waals surface area contributed by atoms with Crippen molar-refractivity contribution in [3.05, 3.63) is 23.3 Å². The van der Waals surface area contributed by atoms with Crippen molar-refractivity contribution in [1.29, 1.82) is 0 Å². The number of thioether (sulfide) groups is 1. The van der Waals surface area contributed by atoms with Crippen molar-refractivity contribution in [2.75, 3.05) is 24.7 Å². The number of aryl methyl sites for hydroxylation is 2. The molecule has 0 aliphatic carbocycles. The average molecular weight is 236 g/mol. The summed E-state index contributed by atoms with van der Waals surface area (Å²) in [6.45, 7) is 5.45. The van der Waals surface area contributed by atoms with E-state index in [0.717, 1.165) is 6.54 Å². The predicted octanol–water partition coefficient (Wildman–Crippen LogP) is 2.80. The topological polar surface area (TPSA) is 24.1 Å².